The number of nitrogens with one attached hydrogen (secondary N) is 1. The van der Waals surface area contributed by atoms with Crippen molar-refractivity contribution >= 4 is 5.78 Å². The molecule has 0 radical (unpaired) electrons. The Morgan fingerprint density at radius 1 is 1.29 bits per heavy atom. The van der Waals surface area contributed by atoms with Gasteiger partial charge >= 0.3 is 0 Å². The third-order valence-electron chi connectivity index (χ3n) is 3.68. The van der Waals surface area contributed by atoms with Crippen LogP contribution < -0.4 is 5.32 Å². The predicted octanol–water partition coefficient (Wildman–Crippen LogP) is 2.92. The molecule has 0 bridgehead atoms. The highest BCUT2D eigenvalue weighted by molar-refractivity contribution is 5.82. The van der Waals surface area contributed by atoms with Crippen molar-refractivity contribution in [2.24, 2.45) is 5.92 Å². The third-order valence-corrected chi connectivity index (χ3v) is 3.68. The van der Waals surface area contributed by atoms with Crippen molar-refractivity contribution in [2.75, 3.05) is 0 Å². The summed E-state index contributed by atoms with van der Waals surface area (Å²) < 4.78 is 0. The Hall–Kier alpha value is -1.15. The molecule has 2 heteroatoms. The zero-order valence-corrected chi connectivity index (χ0v) is 10.5. The fourth-order valence-corrected chi connectivity index (χ4v) is 2.56. The predicted molar refractivity (Wildman–Crippen MR) is 69.7 cm³/mol. The Bertz CT molecular complexity index is 360. The van der Waals surface area contributed by atoms with Gasteiger partial charge in [0.25, 0.3) is 0 Å². The van der Waals surface area contributed by atoms with E-state index in [0.29, 0.717) is 11.8 Å². The van der Waals surface area contributed by atoms with E-state index in [1.165, 1.54) is 12.0 Å². The van der Waals surface area contributed by atoms with Gasteiger partial charge in [-0.1, -0.05) is 36.8 Å². The van der Waals surface area contributed by atoms with Crippen molar-refractivity contribution < 1.29 is 4.79 Å². The summed E-state index contributed by atoms with van der Waals surface area (Å²) in [7, 11) is 0. The number of carbonyl (C=O) groups excluding carboxylic acids is 1. The summed E-state index contributed by atoms with van der Waals surface area (Å²) in [5.74, 6) is 0.678. The van der Waals surface area contributed by atoms with Crippen LogP contribution in [0, 0.1) is 5.92 Å². The molecule has 0 aliphatic heterocycles. The van der Waals surface area contributed by atoms with Crippen molar-refractivity contribution in [3.63, 3.8) is 0 Å². The number of carbonyl (C=O) groups is 1. The van der Waals surface area contributed by atoms with Gasteiger partial charge in [-0.25, -0.2) is 0 Å². The highest BCUT2D eigenvalue weighted by Crippen LogP contribution is 2.23. The van der Waals surface area contributed by atoms with Gasteiger partial charge in [-0.15, -0.1) is 0 Å². The molecule has 1 N–H and O–H groups in total. The van der Waals surface area contributed by atoms with Gasteiger partial charge in [0.2, 0.25) is 0 Å². The average Bonchev–Trinajstić information content (AvgIpc) is 2.38. The Kier molecular flexibility index (Phi) is 4.32. The zero-order valence-electron chi connectivity index (χ0n) is 10.5. The van der Waals surface area contributed by atoms with Crippen LogP contribution in [0.4, 0.5) is 0 Å². The van der Waals surface area contributed by atoms with Gasteiger partial charge in [-0.2, -0.15) is 0 Å². The Morgan fingerprint density at radius 3 is 2.76 bits per heavy atom. The SMILES string of the molecule is CC(NCc1ccccc1)C1CCCCC1=O. The smallest absolute Gasteiger partial charge is 0.137 e. The van der Waals surface area contributed by atoms with E-state index in [2.05, 4.69) is 24.4 Å². The van der Waals surface area contributed by atoms with E-state index in [-0.39, 0.29) is 5.92 Å². The molecule has 1 fully saturated rings. The average molecular weight is 231 g/mol. The maximum absolute atomic E-state index is 11.8. The standard InChI is InChI=1S/C15H21NO/c1-12(14-9-5-6-10-15(14)17)16-11-13-7-3-2-4-8-13/h2-4,7-8,12,14,16H,5-6,9-11H2,1H3. The normalized spacial score (nSPS) is 22.4. The van der Waals surface area contributed by atoms with Gasteiger partial charge in [-0.3, -0.25) is 4.79 Å². The first-order valence-corrected chi connectivity index (χ1v) is 6.57. The second kappa shape index (κ2) is 5.97. The molecule has 2 nitrogen and oxygen atoms in total. The first-order valence-electron chi connectivity index (χ1n) is 6.57. The largest absolute Gasteiger partial charge is 0.309 e. The molecule has 0 spiro atoms. The second-order valence-electron chi connectivity index (χ2n) is 4.97. The van der Waals surface area contributed by atoms with E-state index in [9.17, 15) is 4.79 Å². The number of ketones is 1. The van der Waals surface area contributed by atoms with Crippen molar-refractivity contribution in [3.05, 3.63) is 35.9 Å². The molecule has 0 aromatic heterocycles. The molecule has 2 atom stereocenters. The van der Waals surface area contributed by atoms with Crippen LogP contribution in [0.15, 0.2) is 30.3 Å². The maximum Gasteiger partial charge on any atom is 0.137 e. The molecular weight excluding hydrogens is 210 g/mol. The highest BCUT2D eigenvalue weighted by atomic mass is 16.1. The maximum atomic E-state index is 11.8. The van der Waals surface area contributed by atoms with E-state index in [4.69, 9.17) is 0 Å². The van der Waals surface area contributed by atoms with Crippen LogP contribution >= 0.6 is 0 Å². The molecule has 0 heterocycles. The lowest BCUT2D eigenvalue weighted by atomic mass is 9.83. The Balaban J connectivity index is 1.84. The second-order valence-corrected chi connectivity index (χ2v) is 4.97. The van der Waals surface area contributed by atoms with Gasteiger partial charge in [0.05, 0.1) is 0 Å². The fourth-order valence-electron chi connectivity index (χ4n) is 2.56. The number of hydrogen-bond donors (Lipinski definition) is 1. The minimum Gasteiger partial charge on any atom is -0.309 e. The van der Waals surface area contributed by atoms with Gasteiger partial charge in [0.1, 0.15) is 5.78 Å². The van der Waals surface area contributed by atoms with E-state index in [0.717, 1.165) is 25.8 Å². The van der Waals surface area contributed by atoms with Crippen LogP contribution in [-0.4, -0.2) is 11.8 Å². The zero-order chi connectivity index (χ0) is 12.1. The summed E-state index contributed by atoms with van der Waals surface area (Å²) in [4.78, 5) is 11.8. The van der Waals surface area contributed by atoms with Gasteiger partial charge in [-0.05, 0) is 25.3 Å². The summed E-state index contributed by atoms with van der Waals surface area (Å²) in [6.45, 7) is 2.99. The van der Waals surface area contributed by atoms with E-state index < -0.39 is 0 Å². The van der Waals surface area contributed by atoms with Crippen molar-refractivity contribution in [2.45, 2.75) is 45.2 Å². The molecule has 0 saturated heterocycles. The Labute approximate surface area is 103 Å². The minimum atomic E-state index is 0.229. The van der Waals surface area contributed by atoms with Gasteiger partial charge < -0.3 is 5.32 Å². The molecule has 1 aromatic rings. The van der Waals surface area contributed by atoms with Crippen LogP contribution in [0.5, 0.6) is 0 Å². The number of hydrogen-bond acceptors (Lipinski definition) is 2. The van der Waals surface area contributed by atoms with Crippen LogP contribution in [0.1, 0.15) is 38.2 Å². The van der Waals surface area contributed by atoms with E-state index >= 15 is 0 Å². The summed E-state index contributed by atoms with van der Waals surface area (Å²) in [6.07, 6.45) is 4.12. The quantitative estimate of drug-likeness (QED) is 0.863. The van der Waals surface area contributed by atoms with Crippen LogP contribution in [0.3, 0.4) is 0 Å². The number of rotatable bonds is 4. The lowest BCUT2D eigenvalue weighted by molar-refractivity contribution is -0.125. The van der Waals surface area contributed by atoms with Crippen LogP contribution in [0.2, 0.25) is 0 Å². The molecule has 2 rings (SSSR count). The molecule has 0 amide bonds. The molecule has 1 aliphatic carbocycles. The molecule has 1 aromatic carbocycles. The molecule has 1 saturated carbocycles. The lowest BCUT2D eigenvalue weighted by Crippen LogP contribution is -2.38. The monoisotopic (exact) mass is 231 g/mol. The lowest BCUT2D eigenvalue weighted by Gasteiger charge is -2.27. The summed E-state index contributed by atoms with van der Waals surface area (Å²) in [6, 6.07) is 10.6. The van der Waals surface area contributed by atoms with Gasteiger partial charge in [0.15, 0.2) is 0 Å². The van der Waals surface area contributed by atoms with Crippen molar-refractivity contribution in [1.82, 2.24) is 5.32 Å². The van der Waals surface area contributed by atoms with E-state index in [1.807, 2.05) is 18.2 Å². The number of benzene rings is 1. The van der Waals surface area contributed by atoms with Crippen molar-refractivity contribution in [3.8, 4) is 0 Å². The fraction of sp³-hybridized carbons (Fsp3) is 0.533. The number of Topliss-reactive ketones (excluding diaryl/α,β-unsaturated/α-hetero) is 1. The van der Waals surface area contributed by atoms with Gasteiger partial charge in [0, 0.05) is 24.9 Å². The highest BCUT2D eigenvalue weighted by Gasteiger charge is 2.26. The molecule has 2 unspecified atom stereocenters. The van der Waals surface area contributed by atoms with Crippen molar-refractivity contribution in [1.29, 1.82) is 0 Å². The Morgan fingerprint density at radius 2 is 2.06 bits per heavy atom. The first-order chi connectivity index (χ1) is 8.27. The third kappa shape index (κ3) is 3.40. The van der Waals surface area contributed by atoms with Crippen LogP contribution in [0.25, 0.3) is 0 Å². The molecule has 1 aliphatic rings. The van der Waals surface area contributed by atoms with Crippen LogP contribution in [-0.2, 0) is 11.3 Å². The minimum absolute atomic E-state index is 0.229. The molecular formula is C15H21NO. The first kappa shape index (κ1) is 12.3. The summed E-state index contributed by atoms with van der Waals surface area (Å²) >= 11 is 0. The topological polar surface area (TPSA) is 29.1 Å². The van der Waals surface area contributed by atoms with E-state index in [1.54, 1.807) is 0 Å². The summed E-state index contributed by atoms with van der Waals surface area (Å²) in [5, 5.41) is 3.48. The molecule has 92 valence electrons. The summed E-state index contributed by atoms with van der Waals surface area (Å²) in [5.41, 5.74) is 1.28. The molecule has 17 heavy (non-hydrogen) atoms.